The van der Waals surface area contributed by atoms with E-state index in [1.807, 2.05) is 30.0 Å². The molecular weight excluding hydrogens is 224 g/mol. The lowest BCUT2D eigenvalue weighted by Crippen LogP contribution is -2.34. The molecule has 1 fully saturated rings. The van der Waals surface area contributed by atoms with E-state index in [0.29, 0.717) is 17.3 Å². The number of hydrogen-bond donors (Lipinski definition) is 1. The first-order valence-electron chi connectivity index (χ1n) is 6.81. The summed E-state index contributed by atoms with van der Waals surface area (Å²) in [5.41, 5.74) is 8.23. The fraction of sp³-hybridized carbons (Fsp3) is 0.533. The van der Waals surface area contributed by atoms with Crippen LogP contribution in [0.25, 0.3) is 0 Å². The summed E-state index contributed by atoms with van der Waals surface area (Å²) in [6.07, 6.45) is 4.45. The molecule has 98 valence electrons. The highest BCUT2D eigenvalue weighted by Gasteiger charge is 2.33. The van der Waals surface area contributed by atoms with Crippen LogP contribution in [0.5, 0.6) is 0 Å². The molecule has 1 aromatic rings. The van der Waals surface area contributed by atoms with Crippen molar-refractivity contribution in [3.8, 4) is 0 Å². The molecule has 1 saturated carbocycles. The average Bonchev–Trinajstić information content (AvgIpc) is 3.14. The number of nitrogens with zero attached hydrogens (tertiary/aromatic N) is 1. The van der Waals surface area contributed by atoms with Crippen LogP contribution in [-0.4, -0.2) is 23.4 Å². The molecule has 0 atom stereocenters. The maximum atomic E-state index is 12.6. The highest BCUT2D eigenvalue weighted by atomic mass is 16.2. The summed E-state index contributed by atoms with van der Waals surface area (Å²) in [6, 6.07) is 6.11. The van der Waals surface area contributed by atoms with Gasteiger partial charge in [0.2, 0.25) is 0 Å². The van der Waals surface area contributed by atoms with E-state index >= 15 is 0 Å². The quantitative estimate of drug-likeness (QED) is 0.812. The first-order chi connectivity index (χ1) is 8.65. The Bertz CT molecular complexity index is 418. The normalized spacial score (nSPS) is 14.6. The molecule has 0 spiro atoms. The summed E-state index contributed by atoms with van der Waals surface area (Å²) < 4.78 is 0. The Morgan fingerprint density at radius 2 is 2.17 bits per heavy atom. The lowest BCUT2D eigenvalue weighted by molar-refractivity contribution is 0.0741. The largest absolute Gasteiger partial charge is 0.398 e. The van der Waals surface area contributed by atoms with Gasteiger partial charge in [0.1, 0.15) is 0 Å². The Morgan fingerprint density at radius 3 is 2.72 bits per heavy atom. The van der Waals surface area contributed by atoms with Gasteiger partial charge in [-0.1, -0.05) is 25.5 Å². The molecular formula is C15H22N2O. The molecule has 0 saturated heterocycles. The van der Waals surface area contributed by atoms with Gasteiger partial charge in [0.15, 0.2) is 0 Å². The van der Waals surface area contributed by atoms with Gasteiger partial charge < -0.3 is 10.6 Å². The Morgan fingerprint density at radius 1 is 1.44 bits per heavy atom. The van der Waals surface area contributed by atoms with Gasteiger partial charge in [-0.25, -0.2) is 0 Å². The van der Waals surface area contributed by atoms with E-state index in [9.17, 15) is 4.79 Å². The molecule has 0 aliphatic heterocycles. The predicted octanol–water partition coefficient (Wildman–Crippen LogP) is 2.98. The molecule has 3 heteroatoms. The number of carbonyl (C=O) groups excluding carboxylic acids is 1. The summed E-state index contributed by atoms with van der Waals surface area (Å²) in [7, 11) is 0. The zero-order chi connectivity index (χ0) is 13.1. The zero-order valence-corrected chi connectivity index (χ0v) is 11.3. The van der Waals surface area contributed by atoms with Crippen LogP contribution in [0.15, 0.2) is 18.2 Å². The van der Waals surface area contributed by atoms with Gasteiger partial charge in [-0.2, -0.15) is 0 Å². The second-order valence-electron chi connectivity index (χ2n) is 5.12. The summed E-state index contributed by atoms with van der Waals surface area (Å²) in [5.74, 6) is 0.113. The van der Waals surface area contributed by atoms with Gasteiger partial charge in [0.05, 0.1) is 5.56 Å². The molecule has 0 aromatic heterocycles. The van der Waals surface area contributed by atoms with E-state index in [1.54, 1.807) is 0 Å². The lowest BCUT2D eigenvalue weighted by Gasteiger charge is -2.24. The number of anilines is 1. The van der Waals surface area contributed by atoms with Gasteiger partial charge in [0.25, 0.3) is 5.91 Å². The number of rotatable bonds is 5. The van der Waals surface area contributed by atoms with Crippen LogP contribution in [0.1, 0.15) is 48.5 Å². The number of nitrogen functional groups attached to an aromatic ring is 1. The molecule has 0 radical (unpaired) electrons. The number of nitrogens with two attached hydrogens (primary N) is 1. The molecule has 1 aliphatic carbocycles. The third-order valence-corrected chi connectivity index (χ3v) is 3.52. The van der Waals surface area contributed by atoms with E-state index in [1.165, 1.54) is 0 Å². The third-order valence-electron chi connectivity index (χ3n) is 3.52. The molecule has 1 amide bonds. The molecule has 2 N–H and O–H groups in total. The molecule has 1 aromatic carbocycles. The van der Waals surface area contributed by atoms with E-state index in [-0.39, 0.29) is 5.91 Å². The van der Waals surface area contributed by atoms with E-state index in [2.05, 4.69) is 6.92 Å². The molecule has 0 heterocycles. The van der Waals surface area contributed by atoms with Crippen LogP contribution in [0, 0.1) is 6.92 Å². The van der Waals surface area contributed by atoms with Crippen LogP contribution in [0.2, 0.25) is 0 Å². The zero-order valence-electron chi connectivity index (χ0n) is 11.3. The number of hydrogen-bond acceptors (Lipinski definition) is 2. The highest BCUT2D eigenvalue weighted by molar-refractivity contribution is 6.00. The fourth-order valence-electron chi connectivity index (χ4n) is 2.29. The molecule has 0 unspecified atom stereocenters. The van der Waals surface area contributed by atoms with Gasteiger partial charge in [-0.15, -0.1) is 0 Å². The third kappa shape index (κ3) is 2.66. The van der Waals surface area contributed by atoms with Gasteiger partial charge in [-0.05, 0) is 37.8 Å². The minimum absolute atomic E-state index is 0.113. The second-order valence-corrected chi connectivity index (χ2v) is 5.12. The Labute approximate surface area is 109 Å². The van der Waals surface area contributed by atoms with Crippen LogP contribution < -0.4 is 5.73 Å². The van der Waals surface area contributed by atoms with Crippen molar-refractivity contribution in [2.24, 2.45) is 0 Å². The van der Waals surface area contributed by atoms with Crippen molar-refractivity contribution in [2.45, 2.75) is 45.6 Å². The SMILES string of the molecule is CCCCN(C(=O)c1c(C)cccc1N)C1CC1. The van der Waals surface area contributed by atoms with Crippen LogP contribution in [0.3, 0.4) is 0 Å². The smallest absolute Gasteiger partial charge is 0.256 e. The molecule has 1 aliphatic rings. The number of benzene rings is 1. The minimum atomic E-state index is 0.113. The van der Waals surface area contributed by atoms with Gasteiger partial charge >= 0.3 is 0 Å². The van der Waals surface area contributed by atoms with Crippen LogP contribution in [0.4, 0.5) is 5.69 Å². The second kappa shape index (κ2) is 5.42. The summed E-state index contributed by atoms with van der Waals surface area (Å²) >= 11 is 0. The van der Waals surface area contributed by atoms with E-state index < -0.39 is 0 Å². The highest BCUT2D eigenvalue weighted by Crippen LogP contribution is 2.30. The predicted molar refractivity (Wildman–Crippen MR) is 74.6 cm³/mol. The Balaban J connectivity index is 2.22. The van der Waals surface area contributed by atoms with E-state index in [0.717, 1.165) is 37.8 Å². The summed E-state index contributed by atoms with van der Waals surface area (Å²) in [4.78, 5) is 14.6. The number of carbonyl (C=O) groups is 1. The van der Waals surface area contributed by atoms with Crippen molar-refractivity contribution < 1.29 is 4.79 Å². The summed E-state index contributed by atoms with van der Waals surface area (Å²) in [5, 5.41) is 0. The Hall–Kier alpha value is -1.51. The fourth-order valence-corrected chi connectivity index (χ4v) is 2.29. The molecule has 0 bridgehead atoms. The van der Waals surface area contributed by atoms with E-state index in [4.69, 9.17) is 5.73 Å². The maximum Gasteiger partial charge on any atom is 0.256 e. The van der Waals surface area contributed by atoms with Crippen molar-refractivity contribution in [3.63, 3.8) is 0 Å². The van der Waals surface area contributed by atoms with Gasteiger partial charge in [-0.3, -0.25) is 4.79 Å². The summed E-state index contributed by atoms with van der Waals surface area (Å²) in [6.45, 7) is 4.96. The lowest BCUT2D eigenvalue weighted by atomic mass is 10.1. The molecule has 2 rings (SSSR count). The number of unbranched alkanes of at least 4 members (excludes halogenated alkanes) is 1. The molecule has 3 nitrogen and oxygen atoms in total. The van der Waals surface area contributed by atoms with Crippen molar-refractivity contribution in [1.82, 2.24) is 4.90 Å². The van der Waals surface area contributed by atoms with Crippen molar-refractivity contribution in [3.05, 3.63) is 29.3 Å². The first-order valence-corrected chi connectivity index (χ1v) is 6.81. The number of amides is 1. The van der Waals surface area contributed by atoms with Crippen LogP contribution in [-0.2, 0) is 0 Å². The topological polar surface area (TPSA) is 46.3 Å². The Kier molecular flexibility index (Phi) is 3.90. The van der Waals surface area contributed by atoms with Crippen molar-refractivity contribution >= 4 is 11.6 Å². The number of aryl methyl sites for hydroxylation is 1. The monoisotopic (exact) mass is 246 g/mol. The van der Waals surface area contributed by atoms with Crippen molar-refractivity contribution in [1.29, 1.82) is 0 Å². The first kappa shape index (κ1) is 12.9. The average molecular weight is 246 g/mol. The molecule has 18 heavy (non-hydrogen) atoms. The minimum Gasteiger partial charge on any atom is -0.398 e. The van der Waals surface area contributed by atoms with Crippen LogP contribution >= 0.6 is 0 Å². The standard InChI is InChI=1S/C15H22N2O/c1-3-4-10-17(12-8-9-12)15(18)14-11(2)6-5-7-13(14)16/h5-7,12H,3-4,8-10,16H2,1-2H3. The van der Waals surface area contributed by atoms with Crippen molar-refractivity contribution in [2.75, 3.05) is 12.3 Å². The van der Waals surface area contributed by atoms with Gasteiger partial charge in [0, 0.05) is 18.3 Å². The maximum absolute atomic E-state index is 12.6.